The van der Waals surface area contributed by atoms with Crippen LogP contribution in [-0.2, 0) is 17.8 Å². The van der Waals surface area contributed by atoms with Gasteiger partial charge in [-0.05, 0) is 48.8 Å². The average molecular weight is 343 g/mol. The second kappa shape index (κ2) is 8.34. The van der Waals surface area contributed by atoms with E-state index in [4.69, 9.17) is 0 Å². The van der Waals surface area contributed by atoms with E-state index in [9.17, 15) is 4.79 Å². The Balaban J connectivity index is 1.54. The molecule has 3 rings (SSSR count). The summed E-state index contributed by atoms with van der Waals surface area (Å²) in [4.78, 5) is 18.1. The predicted molar refractivity (Wildman–Crippen MR) is 102 cm³/mol. The van der Waals surface area contributed by atoms with Crippen molar-refractivity contribution in [2.45, 2.75) is 38.6 Å². The van der Waals surface area contributed by atoms with Crippen molar-refractivity contribution in [2.75, 3.05) is 25.0 Å². The number of hydrogen-bond donors (Lipinski definition) is 0. The Morgan fingerprint density at radius 2 is 1.96 bits per heavy atom. The van der Waals surface area contributed by atoms with Crippen LogP contribution < -0.4 is 4.90 Å². The number of para-hydroxylation sites is 1. The SMILES string of the molecule is CN(Cc1ccccc1N1CCCC1)C(=O)CCCc1cccs1. The lowest BCUT2D eigenvalue weighted by Gasteiger charge is -2.24. The lowest BCUT2D eigenvalue weighted by atomic mass is 10.1. The summed E-state index contributed by atoms with van der Waals surface area (Å²) in [7, 11) is 1.92. The molecule has 1 aliphatic heterocycles. The van der Waals surface area contributed by atoms with Gasteiger partial charge < -0.3 is 9.80 Å². The number of aryl methyl sites for hydroxylation is 1. The molecular weight excluding hydrogens is 316 g/mol. The van der Waals surface area contributed by atoms with Crippen LogP contribution in [0.1, 0.15) is 36.1 Å². The van der Waals surface area contributed by atoms with Crippen molar-refractivity contribution in [3.8, 4) is 0 Å². The van der Waals surface area contributed by atoms with Crippen LogP contribution in [0.4, 0.5) is 5.69 Å². The van der Waals surface area contributed by atoms with Crippen LogP contribution in [0.2, 0.25) is 0 Å². The molecule has 2 aromatic rings. The minimum Gasteiger partial charge on any atom is -0.371 e. The fourth-order valence-electron chi connectivity index (χ4n) is 3.31. The van der Waals surface area contributed by atoms with Crippen molar-refractivity contribution in [3.05, 3.63) is 52.2 Å². The molecule has 1 aromatic heterocycles. The number of thiophene rings is 1. The molecule has 1 saturated heterocycles. The Hall–Kier alpha value is -1.81. The number of rotatable bonds is 7. The maximum Gasteiger partial charge on any atom is 0.222 e. The van der Waals surface area contributed by atoms with Crippen molar-refractivity contribution in [2.24, 2.45) is 0 Å². The summed E-state index contributed by atoms with van der Waals surface area (Å²) in [5.74, 6) is 0.239. The van der Waals surface area contributed by atoms with Gasteiger partial charge in [0, 0.05) is 43.7 Å². The molecule has 3 nitrogen and oxygen atoms in total. The van der Waals surface area contributed by atoms with Gasteiger partial charge in [0.15, 0.2) is 0 Å². The van der Waals surface area contributed by atoms with Crippen LogP contribution in [0.25, 0.3) is 0 Å². The number of carbonyl (C=O) groups excluding carboxylic acids is 1. The lowest BCUT2D eigenvalue weighted by molar-refractivity contribution is -0.130. The molecule has 2 heterocycles. The first kappa shape index (κ1) is 17.0. The molecule has 0 atom stereocenters. The highest BCUT2D eigenvalue weighted by atomic mass is 32.1. The number of benzene rings is 1. The van der Waals surface area contributed by atoms with Gasteiger partial charge in [-0.15, -0.1) is 11.3 Å². The van der Waals surface area contributed by atoms with Crippen molar-refractivity contribution < 1.29 is 4.79 Å². The Morgan fingerprint density at radius 3 is 2.71 bits per heavy atom. The molecule has 1 fully saturated rings. The summed E-state index contributed by atoms with van der Waals surface area (Å²) in [6, 6.07) is 12.7. The minimum atomic E-state index is 0.239. The molecule has 1 aromatic carbocycles. The molecule has 24 heavy (non-hydrogen) atoms. The van der Waals surface area contributed by atoms with Gasteiger partial charge in [0.1, 0.15) is 0 Å². The van der Waals surface area contributed by atoms with Crippen LogP contribution in [0.5, 0.6) is 0 Å². The van der Waals surface area contributed by atoms with Gasteiger partial charge in [-0.1, -0.05) is 24.3 Å². The highest BCUT2D eigenvalue weighted by molar-refractivity contribution is 7.09. The Kier molecular flexibility index (Phi) is 5.91. The third-order valence-corrected chi connectivity index (χ3v) is 5.60. The number of nitrogens with zero attached hydrogens (tertiary/aromatic N) is 2. The van der Waals surface area contributed by atoms with Crippen LogP contribution in [-0.4, -0.2) is 30.9 Å². The quantitative estimate of drug-likeness (QED) is 0.748. The Morgan fingerprint density at radius 1 is 1.17 bits per heavy atom. The van der Waals surface area contributed by atoms with Crippen LogP contribution >= 0.6 is 11.3 Å². The molecule has 0 N–H and O–H groups in total. The second-order valence-corrected chi connectivity index (χ2v) is 7.54. The van der Waals surface area contributed by atoms with Gasteiger partial charge in [0.25, 0.3) is 0 Å². The second-order valence-electron chi connectivity index (χ2n) is 6.51. The van der Waals surface area contributed by atoms with Gasteiger partial charge in [0.05, 0.1) is 0 Å². The number of anilines is 1. The normalized spacial score (nSPS) is 14.1. The monoisotopic (exact) mass is 342 g/mol. The van der Waals surface area contributed by atoms with E-state index in [-0.39, 0.29) is 5.91 Å². The van der Waals surface area contributed by atoms with Gasteiger partial charge in [-0.3, -0.25) is 4.79 Å². The smallest absolute Gasteiger partial charge is 0.222 e. The number of hydrogen-bond acceptors (Lipinski definition) is 3. The zero-order chi connectivity index (χ0) is 16.8. The van der Waals surface area contributed by atoms with Crippen molar-refractivity contribution >= 4 is 22.9 Å². The van der Waals surface area contributed by atoms with E-state index in [0.717, 1.165) is 25.9 Å². The zero-order valence-electron chi connectivity index (χ0n) is 14.4. The summed E-state index contributed by atoms with van der Waals surface area (Å²) in [6.45, 7) is 2.97. The summed E-state index contributed by atoms with van der Waals surface area (Å²) < 4.78 is 0. The van der Waals surface area contributed by atoms with E-state index >= 15 is 0 Å². The molecule has 0 unspecified atom stereocenters. The highest BCUT2D eigenvalue weighted by Crippen LogP contribution is 2.25. The van der Waals surface area contributed by atoms with Crippen LogP contribution in [0, 0.1) is 0 Å². The standard InChI is InChI=1S/C20H26N2OS/c1-21(20(23)12-6-9-18-10-7-15-24-18)16-17-8-2-3-11-19(17)22-13-4-5-14-22/h2-3,7-8,10-11,15H,4-6,9,12-14,16H2,1H3. The molecule has 4 heteroatoms. The minimum absolute atomic E-state index is 0.239. The van der Waals surface area contributed by atoms with Gasteiger partial charge >= 0.3 is 0 Å². The summed E-state index contributed by atoms with van der Waals surface area (Å²) in [6.07, 6.45) is 5.09. The van der Waals surface area contributed by atoms with Gasteiger partial charge in [0.2, 0.25) is 5.91 Å². The molecule has 1 amide bonds. The van der Waals surface area contributed by atoms with E-state index in [1.165, 1.54) is 29.0 Å². The maximum atomic E-state index is 12.4. The topological polar surface area (TPSA) is 23.6 Å². The maximum absolute atomic E-state index is 12.4. The van der Waals surface area contributed by atoms with Gasteiger partial charge in [-0.25, -0.2) is 0 Å². The average Bonchev–Trinajstić information content (AvgIpc) is 3.29. The first-order valence-corrected chi connectivity index (χ1v) is 9.71. The predicted octanol–water partition coefficient (Wildman–Crippen LogP) is 4.33. The molecule has 0 bridgehead atoms. The molecule has 128 valence electrons. The fourth-order valence-corrected chi connectivity index (χ4v) is 4.07. The van der Waals surface area contributed by atoms with E-state index in [2.05, 4.69) is 46.7 Å². The van der Waals surface area contributed by atoms with Crippen LogP contribution in [0.15, 0.2) is 41.8 Å². The fraction of sp³-hybridized carbons (Fsp3) is 0.450. The molecular formula is C20H26N2OS. The molecule has 0 aliphatic carbocycles. The third kappa shape index (κ3) is 4.38. The van der Waals surface area contributed by atoms with Gasteiger partial charge in [-0.2, -0.15) is 0 Å². The van der Waals surface area contributed by atoms with Crippen molar-refractivity contribution in [1.29, 1.82) is 0 Å². The first-order chi connectivity index (χ1) is 11.7. The molecule has 0 radical (unpaired) electrons. The first-order valence-electron chi connectivity index (χ1n) is 8.83. The zero-order valence-corrected chi connectivity index (χ0v) is 15.2. The largest absolute Gasteiger partial charge is 0.371 e. The van der Waals surface area contributed by atoms with Crippen molar-refractivity contribution in [3.63, 3.8) is 0 Å². The summed E-state index contributed by atoms with van der Waals surface area (Å²) in [5.41, 5.74) is 2.56. The third-order valence-electron chi connectivity index (χ3n) is 4.67. The molecule has 1 aliphatic rings. The van der Waals surface area contributed by atoms with E-state index in [1.54, 1.807) is 11.3 Å². The van der Waals surface area contributed by atoms with E-state index < -0.39 is 0 Å². The number of carbonyl (C=O) groups is 1. The highest BCUT2D eigenvalue weighted by Gasteiger charge is 2.17. The lowest BCUT2D eigenvalue weighted by Crippen LogP contribution is -2.27. The van der Waals surface area contributed by atoms with E-state index in [1.807, 2.05) is 11.9 Å². The number of amides is 1. The Bertz CT molecular complexity index is 647. The summed E-state index contributed by atoms with van der Waals surface area (Å²) >= 11 is 1.77. The van der Waals surface area contributed by atoms with Crippen LogP contribution in [0.3, 0.4) is 0 Å². The Labute approximate surface area is 148 Å². The van der Waals surface area contributed by atoms with Crippen molar-refractivity contribution in [1.82, 2.24) is 4.90 Å². The van der Waals surface area contributed by atoms with E-state index in [0.29, 0.717) is 13.0 Å². The summed E-state index contributed by atoms with van der Waals surface area (Å²) in [5, 5.41) is 2.10. The molecule has 0 spiro atoms. The molecule has 0 saturated carbocycles.